The van der Waals surface area contributed by atoms with Crippen LogP contribution in [0.2, 0.25) is 0 Å². The SMILES string of the molecule is C[C@@H](C(=O)OCCn1ccnc1)c1ccc(-c2ccccc2)c(F)c1. The second-order valence-corrected chi connectivity index (χ2v) is 5.80. The zero-order valence-electron chi connectivity index (χ0n) is 13.9. The van der Waals surface area contributed by atoms with Crippen LogP contribution in [0.1, 0.15) is 18.4 Å². The number of esters is 1. The molecule has 1 atom stereocenters. The van der Waals surface area contributed by atoms with Crippen molar-refractivity contribution in [3.8, 4) is 11.1 Å². The minimum atomic E-state index is -0.526. The number of imidazole rings is 1. The molecule has 1 heterocycles. The molecular formula is C20H19FN2O2. The quantitative estimate of drug-likeness (QED) is 0.637. The number of carbonyl (C=O) groups is 1. The van der Waals surface area contributed by atoms with E-state index in [0.717, 1.165) is 5.56 Å². The summed E-state index contributed by atoms with van der Waals surface area (Å²) in [4.78, 5) is 16.1. The lowest BCUT2D eigenvalue weighted by atomic mass is 9.97. The van der Waals surface area contributed by atoms with Crippen molar-refractivity contribution in [2.24, 2.45) is 0 Å². The van der Waals surface area contributed by atoms with E-state index in [4.69, 9.17) is 4.74 Å². The highest BCUT2D eigenvalue weighted by molar-refractivity contribution is 5.78. The number of carbonyl (C=O) groups excluding carboxylic acids is 1. The lowest BCUT2D eigenvalue weighted by molar-refractivity contribution is -0.145. The molecule has 0 saturated heterocycles. The highest BCUT2D eigenvalue weighted by atomic mass is 19.1. The van der Waals surface area contributed by atoms with Gasteiger partial charge in [0, 0.05) is 18.0 Å². The van der Waals surface area contributed by atoms with Gasteiger partial charge in [-0.25, -0.2) is 9.37 Å². The van der Waals surface area contributed by atoms with Gasteiger partial charge in [0.2, 0.25) is 0 Å². The summed E-state index contributed by atoms with van der Waals surface area (Å²) in [5.74, 6) is -1.24. The van der Waals surface area contributed by atoms with Crippen LogP contribution in [0.4, 0.5) is 4.39 Å². The van der Waals surface area contributed by atoms with E-state index in [9.17, 15) is 9.18 Å². The molecule has 0 radical (unpaired) electrons. The van der Waals surface area contributed by atoms with E-state index in [-0.39, 0.29) is 18.4 Å². The average molecular weight is 338 g/mol. The molecule has 1 aromatic heterocycles. The molecule has 25 heavy (non-hydrogen) atoms. The normalized spacial score (nSPS) is 11.9. The number of nitrogens with zero attached hydrogens (tertiary/aromatic N) is 2. The topological polar surface area (TPSA) is 44.1 Å². The second kappa shape index (κ2) is 7.75. The number of aromatic nitrogens is 2. The van der Waals surface area contributed by atoms with Gasteiger partial charge in [-0.05, 0) is 24.1 Å². The largest absolute Gasteiger partial charge is 0.463 e. The van der Waals surface area contributed by atoms with Crippen LogP contribution in [0.3, 0.4) is 0 Å². The molecule has 0 aliphatic carbocycles. The van der Waals surface area contributed by atoms with Crippen molar-refractivity contribution in [2.45, 2.75) is 19.4 Å². The zero-order valence-corrected chi connectivity index (χ0v) is 13.9. The summed E-state index contributed by atoms with van der Waals surface area (Å²) in [6, 6.07) is 14.2. The molecule has 0 unspecified atom stereocenters. The van der Waals surface area contributed by atoms with E-state index in [1.54, 1.807) is 37.8 Å². The van der Waals surface area contributed by atoms with Crippen molar-refractivity contribution in [2.75, 3.05) is 6.61 Å². The molecule has 0 N–H and O–H groups in total. The van der Waals surface area contributed by atoms with Crippen molar-refractivity contribution in [3.05, 3.63) is 78.6 Å². The minimum Gasteiger partial charge on any atom is -0.463 e. The van der Waals surface area contributed by atoms with Gasteiger partial charge in [-0.2, -0.15) is 0 Å². The molecule has 4 nitrogen and oxygen atoms in total. The highest BCUT2D eigenvalue weighted by Crippen LogP contribution is 2.26. The van der Waals surface area contributed by atoms with Gasteiger partial charge in [0.1, 0.15) is 12.4 Å². The Morgan fingerprint density at radius 3 is 2.72 bits per heavy atom. The third kappa shape index (κ3) is 4.12. The van der Waals surface area contributed by atoms with Crippen LogP contribution < -0.4 is 0 Å². The summed E-state index contributed by atoms with van der Waals surface area (Å²) in [7, 11) is 0. The monoisotopic (exact) mass is 338 g/mol. The molecule has 5 heteroatoms. The van der Waals surface area contributed by atoms with Crippen molar-refractivity contribution in [1.29, 1.82) is 0 Å². The summed E-state index contributed by atoms with van der Waals surface area (Å²) in [6.45, 7) is 2.51. The van der Waals surface area contributed by atoms with Crippen molar-refractivity contribution in [1.82, 2.24) is 9.55 Å². The molecule has 3 rings (SSSR count). The van der Waals surface area contributed by atoms with E-state index in [1.165, 1.54) is 6.07 Å². The Labute approximate surface area is 145 Å². The molecule has 128 valence electrons. The number of benzene rings is 2. The lowest BCUT2D eigenvalue weighted by Gasteiger charge is -2.13. The lowest BCUT2D eigenvalue weighted by Crippen LogP contribution is -2.16. The Balaban J connectivity index is 1.64. The highest BCUT2D eigenvalue weighted by Gasteiger charge is 2.18. The molecule has 2 aromatic carbocycles. The zero-order chi connectivity index (χ0) is 17.6. The van der Waals surface area contributed by atoms with E-state index >= 15 is 0 Å². The van der Waals surface area contributed by atoms with Crippen molar-refractivity contribution < 1.29 is 13.9 Å². The first kappa shape index (κ1) is 16.9. The van der Waals surface area contributed by atoms with Crippen molar-refractivity contribution in [3.63, 3.8) is 0 Å². The Kier molecular flexibility index (Phi) is 5.23. The Morgan fingerprint density at radius 2 is 2.04 bits per heavy atom. The number of hydrogen-bond acceptors (Lipinski definition) is 3. The molecular weight excluding hydrogens is 319 g/mol. The Hall–Kier alpha value is -2.95. The second-order valence-electron chi connectivity index (χ2n) is 5.80. The van der Waals surface area contributed by atoms with Crippen LogP contribution in [-0.4, -0.2) is 22.1 Å². The molecule has 0 aliphatic heterocycles. The van der Waals surface area contributed by atoms with Gasteiger partial charge in [0.15, 0.2) is 0 Å². The molecule has 0 fully saturated rings. The molecule has 0 bridgehead atoms. The first-order valence-corrected chi connectivity index (χ1v) is 8.12. The van der Waals surface area contributed by atoms with Gasteiger partial charge < -0.3 is 9.30 Å². The smallest absolute Gasteiger partial charge is 0.313 e. The maximum atomic E-state index is 14.4. The van der Waals surface area contributed by atoms with Gasteiger partial charge in [-0.3, -0.25) is 4.79 Å². The minimum absolute atomic E-state index is 0.254. The van der Waals surface area contributed by atoms with Crippen molar-refractivity contribution >= 4 is 5.97 Å². The fraction of sp³-hybridized carbons (Fsp3) is 0.200. The van der Waals surface area contributed by atoms with E-state index in [2.05, 4.69) is 4.98 Å². The number of hydrogen-bond donors (Lipinski definition) is 0. The van der Waals surface area contributed by atoms with E-state index < -0.39 is 5.92 Å². The van der Waals surface area contributed by atoms with Crippen LogP contribution in [0.15, 0.2) is 67.3 Å². The maximum Gasteiger partial charge on any atom is 0.313 e. The molecule has 0 amide bonds. The molecule has 0 saturated carbocycles. The van der Waals surface area contributed by atoms with Gasteiger partial charge in [-0.15, -0.1) is 0 Å². The van der Waals surface area contributed by atoms with Gasteiger partial charge in [0.25, 0.3) is 0 Å². The maximum absolute atomic E-state index is 14.4. The third-order valence-corrected chi connectivity index (χ3v) is 4.08. The van der Waals surface area contributed by atoms with Crippen LogP contribution in [0.25, 0.3) is 11.1 Å². The van der Waals surface area contributed by atoms with Crippen LogP contribution >= 0.6 is 0 Å². The Morgan fingerprint density at radius 1 is 1.24 bits per heavy atom. The summed E-state index contributed by atoms with van der Waals surface area (Å²) in [6.07, 6.45) is 5.13. The summed E-state index contributed by atoms with van der Waals surface area (Å²) in [5.41, 5.74) is 1.93. The molecule has 0 aliphatic rings. The van der Waals surface area contributed by atoms with Gasteiger partial charge >= 0.3 is 5.97 Å². The Bertz CT molecular complexity index is 832. The third-order valence-electron chi connectivity index (χ3n) is 4.08. The summed E-state index contributed by atoms with van der Waals surface area (Å²) in [5, 5.41) is 0. The van der Waals surface area contributed by atoms with Crippen LogP contribution in [0, 0.1) is 5.82 Å². The predicted molar refractivity (Wildman–Crippen MR) is 93.4 cm³/mol. The first-order valence-electron chi connectivity index (χ1n) is 8.12. The van der Waals surface area contributed by atoms with Gasteiger partial charge in [-0.1, -0.05) is 42.5 Å². The predicted octanol–water partition coefficient (Wildman–Crippen LogP) is 4.04. The summed E-state index contributed by atoms with van der Waals surface area (Å²) < 4.78 is 21.5. The van der Waals surface area contributed by atoms with Crippen LogP contribution in [0.5, 0.6) is 0 Å². The number of halogens is 1. The fourth-order valence-electron chi connectivity index (χ4n) is 2.58. The van der Waals surface area contributed by atoms with E-state index in [0.29, 0.717) is 17.7 Å². The van der Waals surface area contributed by atoms with E-state index in [1.807, 2.05) is 34.9 Å². The summed E-state index contributed by atoms with van der Waals surface area (Å²) >= 11 is 0. The average Bonchev–Trinajstić information content (AvgIpc) is 3.15. The fourth-order valence-corrected chi connectivity index (χ4v) is 2.58. The van der Waals surface area contributed by atoms with Gasteiger partial charge in [0.05, 0.1) is 18.8 Å². The number of rotatable bonds is 6. The number of ether oxygens (including phenoxy) is 1. The molecule has 3 aromatic rings. The van der Waals surface area contributed by atoms with Crippen LogP contribution in [-0.2, 0) is 16.1 Å². The standard InChI is InChI=1S/C20H19FN2O2/c1-15(20(24)25-12-11-23-10-9-22-14-23)17-7-8-18(19(21)13-17)16-5-3-2-4-6-16/h2-10,13-15H,11-12H2,1H3/t15-/m1/s1. The first-order chi connectivity index (χ1) is 12.1. The molecule has 0 spiro atoms.